The number of hydrogen-bond acceptors (Lipinski definition) is 3. The Labute approximate surface area is 165 Å². The minimum atomic E-state index is -0.778. The first-order valence-electron chi connectivity index (χ1n) is 9.89. The van der Waals surface area contributed by atoms with Crippen molar-refractivity contribution in [2.24, 2.45) is 0 Å². The highest BCUT2D eigenvalue weighted by molar-refractivity contribution is 6.07. The van der Waals surface area contributed by atoms with Gasteiger partial charge in [-0.2, -0.15) is 0 Å². The molecule has 4 rings (SSSR count). The molecule has 1 atom stereocenters. The molecule has 1 spiro atoms. The molecule has 1 saturated heterocycles. The van der Waals surface area contributed by atoms with Crippen LogP contribution in [0.15, 0.2) is 42.5 Å². The molecule has 2 aromatic carbocycles. The summed E-state index contributed by atoms with van der Waals surface area (Å²) in [6.07, 6.45) is 2.65. The van der Waals surface area contributed by atoms with E-state index in [4.69, 9.17) is 4.74 Å². The maximum absolute atomic E-state index is 13.1. The Morgan fingerprint density at radius 3 is 2.54 bits per heavy atom. The number of hydrogen-bond donors (Lipinski definition) is 1. The number of aryl methyl sites for hydroxylation is 3. The van der Waals surface area contributed by atoms with Gasteiger partial charge in [0.25, 0.3) is 5.91 Å². The van der Waals surface area contributed by atoms with Crippen molar-refractivity contribution < 1.29 is 14.3 Å². The van der Waals surface area contributed by atoms with E-state index in [1.165, 1.54) is 10.5 Å². The lowest BCUT2D eigenvalue weighted by atomic mass is 9.78. The van der Waals surface area contributed by atoms with E-state index in [-0.39, 0.29) is 11.9 Å². The molecule has 3 amide bonds. The van der Waals surface area contributed by atoms with Crippen LogP contribution in [0.1, 0.15) is 35.1 Å². The Balaban J connectivity index is 1.36. The molecule has 0 bridgehead atoms. The number of ether oxygens (including phenoxy) is 1. The molecular weight excluding hydrogens is 352 g/mol. The molecule has 146 valence electrons. The summed E-state index contributed by atoms with van der Waals surface area (Å²) in [5.74, 6) is 0.730. The summed E-state index contributed by atoms with van der Waals surface area (Å²) in [4.78, 5) is 26.9. The average Bonchev–Trinajstić information content (AvgIpc) is 2.88. The van der Waals surface area contributed by atoms with Crippen LogP contribution in [0.25, 0.3) is 0 Å². The fourth-order valence-electron chi connectivity index (χ4n) is 4.33. The van der Waals surface area contributed by atoms with Gasteiger partial charge in [0.05, 0.1) is 6.61 Å². The fourth-order valence-corrected chi connectivity index (χ4v) is 4.33. The lowest BCUT2D eigenvalue weighted by Gasteiger charge is -2.32. The zero-order valence-corrected chi connectivity index (χ0v) is 16.5. The maximum Gasteiger partial charge on any atom is 0.325 e. The van der Waals surface area contributed by atoms with E-state index in [9.17, 15) is 9.59 Å². The normalized spacial score (nSPS) is 21.0. The fraction of sp³-hybridized carbons (Fsp3) is 0.391. The number of carbonyl (C=O) groups excluding carboxylic acids is 2. The van der Waals surface area contributed by atoms with E-state index in [1.54, 1.807) is 0 Å². The number of benzene rings is 2. The first kappa shape index (κ1) is 18.5. The standard InChI is InChI=1S/C23H26N2O3/c1-16-12-17(2)14-20(13-16)28-11-5-10-25-21(26)23(24-22(25)27)9-8-18-6-3-4-7-19(18)15-23/h3-4,6-7,12-14H,5,8-11,15H2,1-2H3,(H,24,27). The minimum absolute atomic E-state index is 0.0987. The van der Waals surface area contributed by atoms with Gasteiger partial charge in [0.1, 0.15) is 11.3 Å². The molecule has 28 heavy (non-hydrogen) atoms. The van der Waals surface area contributed by atoms with Gasteiger partial charge in [0.15, 0.2) is 0 Å². The smallest absolute Gasteiger partial charge is 0.325 e. The third-order valence-electron chi connectivity index (χ3n) is 5.67. The lowest BCUT2D eigenvalue weighted by Crippen LogP contribution is -2.51. The van der Waals surface area contributed by atoms with Crippen molar-refractivity contribution in [3.8, 4) is 5.75 Å². The number of nitrogens with one attached hydrogen (secondary N) is 1. The van der Waals surface area contributed by atoms with Gasteiger partial charge in [0.2, 0.25) is 0 Å². The predicted octanol–water partition coefficient (Wildman–Crippen LogP) is 3.55. The second-order valence-electron chi connectivity index (χ2n) is 7.94. The van der Waals surface area contributed by atoms with Crippen molar-refractivity contribution >= 4 is 11.9 Å². The molecule has 0 radical (unpaired) electrons. The van der Waals surface area contributed by atoms with Gasteiger partial charge >= 0.3 is 6.03 Å². The van der Waals surface area contributed by atoms with E-state index >= 15 is 0 Å². The van der Waals surface area contributed by atoms with Gasteiger partial charge in [-0.25, -0.2) is 4.79 Å². The first-order valence-corrected chi connectivity index (χ1v) is 9.89. The summed E-state index contributed by atoms with van der Waals surface area (Å²) in [6.45, 7) is 4.92. The number of amides is 3. The first-order chi connectivity index (χ1) is 13.5. The molecule has 2 aromatic rings. The van der Waals surface area contributed by atoms with Gasteiger partial charge in [-0.1, -0.05) is 30.3 Å². The van der Waals surface area contributed by atoms with Crippen molar-refractivity contribution in [2.45, 2.75) is 45.1 Å². The quantitative estimate of drug-likeness (QED) is 0.639. The van der Waals surface area contributed by atoms with Gasteiger partial charge in [-0.05, 0) is 67.5 Å². The van der Waals surface area contributed by atoms with Crippen LogP contribution in [0, 0.1) is 13.8 Å². The van der Waals surface area contributed by atoms with Crippen LogP contribution in [-0.2, 0) is 17.6 Å². The number of nitrogens with zero attached hydrogens (tertiary/aromatic N) is 1. The molecule has 2 aliphatic rings. The number of fused-ring (bicyclic) bond motifs is 1. The molecule has 1 N–H and O–H groups in total. The molecule has 5 nitrogen and oxygen atoms in total. The van der Waals surface area contributed by atoms with Crippen LogP contribution in [0.4, 0.5) is 4.79 Å². The molecule has 5 heteroatoms. The van der Waals surface area contributed by atoms with Crippen molar-refractivity contribution in [2.75, 3.05) is 13.2 Å². The number of imide groups is 1. The predicted molar refractivity (Wildman–Crippen MR) is 107 cm³/mol. The zero-order valence-electron chi connectivity index (χ0n) is 16.5. The Hall–Kier alpha value is -2.82. The van der Waals surface area contributed by atoms with Crippen molar-refractivity contribution in [1.29, 1.82) is 0 Å². The van der Waals surface area contributed by atoms with Crippen LogP contribution in [0.3, 0.4) is 0 Å². The van der Waals surface area contributed by atoms with Crippen LogP contribution in [0.2, 0.25) is 0 Å². The molecule has 0 aromatic heterocycles. The number of carbonyl (C=O) groups is 2. The topological polar surface area (TPSA) is 58.6 Å². The Morgan fingerprint density at radius 2 is 1.79 bits per heavy atom. The molecule has 1 aliphatic carbocycles. The van der Waals surface area contributed by atoms with Gasteiger partial charge in [-0.15, -0.1) is 0 Å². The molecular formula is C23H26N2O3. The lowest BCUT2D eigenvalue weighted by molar-refractivity contribution is -0.131. The largest absolute Gasteiger partial charge is 0.494 e. The Bertz CT molecular complexity index is 904. The second kappa shape index (κ2) is 7.30. The highest BCUT2D eigenvalue weighted by Gasteiger charge is 2.51. The monoisotopic (exact) mass is 378 g/mol. The van der Waals surface area contributed by atoms with E-state index < -0.39 is 5.54 Å². The van der Waals surface area contributed by atoms with Gasteiger partial charge in [0, 0.05) is 13.0 Å². The van der Waals surface area contributed by atoms with Gasteiger partial charge < -0.3 is 10.1 Å². The molecule has 1 aliphatic heterocycles. The molecule has 1 fully saturated rings. The Kier molecular flexibility index (Phi) is 4.84. The van der Waals surface area contributed by atoms with Crippen LogP contribution >= 0.6 is 0 Å². The van der Waals surface area contributed by atoms with Crippen LogP contribution < -0.4 is 10.1 Å². The van der Waals surface area contributed by atoms with Crippen molar-refractivity contribution in [1.82, 2.24) is 10.2 Å². The van der Waals surface area contributed by atoms with E-state index in [0.717, 1.165) is 28.9 Å². The molecule has 1 heterocycles. The summed E-state index contributed by atoms with van der Waals surface area (Å²) in [7, 11) is 0. The molecule has 1 unspecified atom stereocenters. The maximum atomic E-state index is 13.1. The summed E-state index contributed by atoms with van der Waals surface area (Å²) >= 11 is 0. The van der Waals surface area contributed by atoms with E-state index in [1.807, 2.05) is 38.1 Å². The third-order valence-corrected chi connectivity index (χ3v) is 5.67. The number of rotatable bonds is 5. The highest BCUT2D eigenvalue weighted by atomic mass is 16.5. The van der Waals surface area contributed by atoms with Crippen molar-refractivity contribution in [3.63, 3.8) is 0 Å². The van der Waals surface area contributed by atoms with Gasteiger partial charge in [-0.3, -0.25) is 9.69 Å². The second-order valence-corrected chi connectivity index (χ2v) is 7.94. The summed E-state index contributed by atoms with van der Waals surface area (Å²) in [5.41, 5.74) is 3.96. The Morgan fingerprint density at radius 1 is 1.07 bits per heavy atom. The van der Waals surface area contributed by atoms with Crippen molar-refractivity contribution in [3.05, 3.63) is 64.7 Å². The summed E-state index contributed by atoms with van der Waals surface area (Å²) < 4.78 is 5.81. The SMILES string of the molecule is Cc1cc(C)cc(OCCCN2C(=O)NC3(CCc4ccccc4C3)C2=O)c1. The summed E-state index contributed by atoms with van der Waals surface area (Å²) in [5, 5.41) is 2.98. The highest BCUT2D eigenvalue weighted by Crippen LogP contribution is 2.33. The van der Waals surface area contributed by atoms with Crippen LogP contribution in [0.5, 0.6) is 5.75 Å². The average molecular weight is 378 g/mol. The zero-order chi connectivity index (χ0) is 19.7. The van der Waals surface area contributed by atoms with Crippen LogP contribution in [-0.4, -0.2) is 35.5 Å². The van der Waals surface area contributed by atoms with E-state index in [2.05, 4.69) is 23.5 Å². The van der Waals surface area contributed by atoms with E-state index in [0.29, 0.717) is 32.4 Å². The third kappa shape index (κ3) is 3.49. The minimum Gasteiger partial charge on any atom is -0.494 e. The molecule has 0 saturated carbocycles. The number of urea groups is 1. The summed E-state index contributed by atoms with van der Waals surface area (Å²) in [6, 6.07) is 14.0.